The summed E-state index contributed by atoms with van der Waals surface area (Å²) in [5, 5.41) is 4.74. The van der Waals surface area contributed by atoms with Crippen LogP contribution in [0.1, 0.15) is 16.1 Å². The number of hydrazone groups is 1. The van der Waals surface area contributed by atoms with Crippen LogP contribution in [0.25, 0.3) is 11.0 Å². The van der Waals surface area contributed by atoms with E-state index in [1.54, 1.807) is 18.2 Å². The molecule has 0 aliphatic carbocycles. The number of carbonyl (C=O) groups is 2. The maximum Gasteiger partial charge on any atom is 0.343 e. The summed E-state index contributed by atoms with van der Waals surface area (Å²) in [5.74, 6) is -0.399. The van der Waals surface area contributed by atoms with Crippen molar-refractivity contribution in [2.45, 2.75) is 0 Å². The highest BCUT2D eigenvalue weighted by molar-refractivity contribution is 9.11. The predicted molar refractivity (Wildman–Crippen MR) is 126 cm³/mol. The molecule has 30 heavy (non-hydrogen) atoms. The number of fused-ring (bicyclic) bond motifs is 1. The molecule has 0 saturated carbocycles. The second-order valence-corrected chi connectivity index (χ2v) is 9.27. The van der Waals surface area contributed by atoms with E-state index in [0.29, 0.717) is 25.8 Å². The number of ether oxygens (including phenoxy) is 2. The molecule has 0 unspecified atom stereocenters. The van der Waals surface area contributed by atoms with E-state index < -0.39 is 11.9 Å². The Balaban J connectivity index is 1.69. The number of halogens is 4. The number of nitrogens with one attached hydrogen (secondary N) is 1. The van der Waals surface area contributed by atoms with Gasteiger partial charge in [0.1, 0.15) is 11.3 Å². The second kappa shape index (κ2) is 10.1. The van der Waals surface area contributed by atoms with Crippen molar-refractivity contribution in [1.82, 2.24) is 5.43 Å². The third-order valence-electron chi connectivity index (χ3n) is 3.72. The van der Waals surface area contributed by atoms with Crippen molar-refractivity contribution in [2.24, 2.45) is 5.10 Å². The van der Waals surface area contributed by atoms with Gasteiger partial charge in [-0.2, -0.15) is 5.10 Å². The van der Waals surface area contributed by atoms with Gasteiger partial charge in [-0.25, -0.2) is 10.2 Å². The van der Waals surface area contributed by atoms with Crippen molar-refractivity contribution in [3.63, 3.8) is 0 Å². The van der Waals surface area contributed by atoms with Crippen LogP contribution in [0, 0.1) is 0 Å². The van der Waals surface area contributed by atoms with Gasteiger partial charge in [0.05, 0.1) is 26.7 Å². The van der Waals surface area contributed by atoms with E-state index in [0.717, 1.165) is 14.3 Å². The average molecular weight is 668 g/mol. The zero-order valence-electron chi connectivity index (χ0n) is 15.2. The highest BCUT2D eigenvalue weighted by Crippen LogP contribution is 2.34. The normalized spacial score (nSPS) is 11.1. The van der Waals surface area contributed by atoms with Crippen molar-refractivity contribution in [3.05, 3.63) is 59.5 Å². The van der Waals surface area contributed by atoms with Gasteiger partial charge in [-0.05, 0) is 83.7 Å². The number of hydrogen-bond acceptors (Lipinski definition) is 6. The Kier molecular flexibility index (Phi) is 7.72. The number of carbonyl (C=O) groups excluding carboxylic acids is 2. The quantitative estimate of drug-likeness (QED) is 0.204. The lowest BCUT2D eigenvalue weighted by Gasteiger charge is -2.10. The van der Waals surface area contributed by atoms with E-state index in [1.165, 1.54) is 13.3 Å². The Labute approximate surface area is 204 Å². The molecular weight excluding hydrogens is 656 g/mol. The molecule has 0 aliphatic rings. The van der Waals surface area contributed by atoms with E-state index in [-0.39, 0.29) is 12.4 Å². The first-order valence-corrected chi connectivity index (χ1v) is 11.4. The number of nitrogens with zero attached hydrogens (tertiary/aromatic N) is 1. The fourth-order valence-electron chi connectivity index (χ4n) is 2.39. The molecule has 3 rings (SSSR count). The van der Waals surface area contributed by atoms with E-state index in [1.807, 2.05) is 12.1 Å². The summed E-state index contributed by atoms with van der Waals surface area (Å²) >= 11 is 13.6. The van der Waals surface area contributed by atoms with Crippen molar-refractivity contribution in [2.75, 3.05) is 13.7 Å². The number of rotatable bonds is 6. The molecule has 1 aromatic heterocycles. The van der Waals surface area contributed by atoms with Crippen LogP contribution in [0.3, 0.4) is 0 Å². The molecule has 11 heteroatoms. The fraction of sp³-hybridized carbons (Fsp3) is 0.105. The summed E-state index contributed by atoms with van der Waals surface area (Å²) in [6.07, 6.45) is 1.46. The van der Waals surface area contributed by atoms with Gasteiger partial charge >= 0.3 is 11.9 Å². The topological polar surface area (TPSA) is 90.1 Å². The summed E-state index contributed by atoms with van der Waals surface area (Å²) in [5.41, 5.74) is 3.68. The Bertz CT molecular complexity index is 1140. The largest absolute Gasteiger partial charge is 0.480 e. The summed E-state index contributed by atoms with van der Waals surface area (Å²) < 4.78 is 18.4. The van der Waals surface area contributed by atoms with Gasteiger partial charge in [-0.3, -0.25) is 4.79 Å². The minimum absolute atomic E-state index is 0.134. The molecular formula is C19H12Br4N2O5. The van der Waals surface area contributed by atoms with E-state index in [2.05, 4.69) is 79.0 Å². The minimum atomic E-state index is -0.493. The molecule has 0 atom stereocenters. The van der Waals surface area contributed by atoms with Gasteiger partial charge in [0.15, 0.2) is 12.4 Å². The van der Waals surface area contributed by atoms with E-state index >= 15 is 0 Å². The van der Waals surface area contributed by atoms with Gasteiger partial charge in [0, 0.05) is 9.86 Å². The first-order valence-electron chi connectivity index (χ1n) is 8.19. The third-order valence-corrected chi connectivity index (χ3v) is 5.95. The Morgan fingerprint density at radius 3 is 2.43 bits per heavy atom. The number of hydrogen-bond donors (Lipinski definition) is 1. The summed E-state index contributed by atoms with van der Waals surface area (Å²) in [6, 6.07) is 8.77. The maximum absolute atomic E-state index is 12.3. The number of methoxy groups -OCH3 is 1. The monoisotopic (exact) mass is 664 g/mol. The molecule has 0 saturated heterocycles. The van der Waals surface area contributed by atoms with E-state index in [4.69, 9.17) is 9.15 Å². The molecule has 0 bridgehead atoms. The lowest BCUT2D eigenvalue weighted by Crippen LogP contribution is -2.16. The molecule has 1 amide bonds. The SMILES string of the molecule is COC(=O)COc1c(Br)cc(/C=N\NC(=O)c2cc3cc(Br)cc(Br)c3o2)cc1Br. The van der Waals surface area contributed by atoms with Crippen molar-refractivity contribution in [1.29, 1.82) is 0 Å². The zero-order valence-corrected chi connectivity index (χ0v) is 21.5. The lowest BCUT2D eigenvalue weighted by atomic mass is 10.2. The number of amides is 1. The third kappa shape index (κ3) is 5.51. The maximum atomic E-state index is 12.3. The summed E-state index contributed by atoms with van der Waals surface area (Å²) in [6.45, 7) is -0.221. The van der Waals surface area contributed by atoms with Crippen LogP contribution in [-0.4, -0.2) is 31.8 Å². The zero-order chi connectivity index (χ0) is 21.8. The van der Waals surface area contributed by atoms with Crippen LogP contribution in [0.4, 0.5) is 0 Å². The van der Waals surface area contributed by atoms with E-state index in [9.17, 15) is 9.59 Å². The average Bonchev–Trinajstić information content (AvgIpc) is 3.11. The molecule has 2 aromatic carbocycles. The van der Waals surface area contributed by atoms with Crippen molar-refractivity contribution >= 4 is 92.8 Å². The van der Waals surface area contributed by atoms with Crippen molar-refractivity contribution in [3.8, 4) is 5.75 Å². The molecule has 0 spiro atoms. The van der Waals surface area contributed by atoms with Crippen LogP contribution in [0.15, 0.2) is 57.7 Å². The molecule has 7 nitrogen and oxygen atoms in total. The van der Waals surface area contributed by atoms with Gasteiger partial charge in [-0.15, -0.1) is 0 Å². The molecule has 0 aliphatic heterocycles. The Morgan fingerprint density at radius 1 is 1.07 bits per heavy atom. The Morgan fingerprint density at radius 2 is 1.77 bits per heavy atom. The first-order chi connectivity index (χ1) is 14.3. The highest BCUT2D eigenvalue weighted by atomic mass is 79.9. The second-order valence-electron chi connectivity index (χ2n) is 5.79. The van der Waals surface area contributed by atoms with Crippen molar-refractivity contribution < 1.29 is 23.5 Å². The number of furan rings is 1. The number of esters is 1. The van der Waals surface area contributed by atoms with Gasteiger partial charge < -0.3 is 13.9 Å². The van der Waals surface area contributed by atoms with Gasteiger partial charge in [-0.1, -0.05) is 15.9 Å². The van der Waals surface area contributed by atoms with Crippen LogP contribution in [-0.2, 0) is 9.53 Å². The molecule has 1 heterocycles. The van der Waals surface area contributed by atoms with Crippen LogP contribution in [0.2, 0.25) is 0 Å². The van der Waals surface area contributed by atoms with Crippen LogP contribution in [0.5, 0.6) is 5.75 Å². The highest BCUT2D eigenvalue weighted by Gasteiger charge is 2.14. The van der Waals surface area contributed by atoms with Gasteiger partial charge in [0.25, 0.3) is 0 Å². The lowest BCUT2D eigenvalue weighted by molar-refractivity contribution is -0.142. The van der Waals surface area contributed by atoms with Crippen LogP contribution >= 0.6 is 63.7 Å². The molecule has 156 valence electrons. The minimum Gasteiger partial charge on any atom is -0.480 e. The Hall–Kier alpha value is -1.69. The molecule has 0 fully saturated rings. The smallest absolute Gasteiger partial charge is 0.343 e. The molecule has 3 aromatic rings. The van der Waals surface area contributed by atoms with Crippen LogP contribution < -0.4 is 10.2 Å². The fourth-order valence-corrected chi connectivity index (χ4v) is 5.18. The summed E-state index contributed by atoms with van der Waals surface area (Å²) in [4.78, 5) is 23.6. The standard InChI is InChI=1S/C19H12Br4N2O5/c1-28-16(26)8-29-18-12(21)2-9(3-13(18)22)7-24-25-19(27)15-5-10-4-11(20)6-14(23)17(10)30-15/h2-7H,8H2,1H3,(H,25,27)/b24-7-. The summed E-state index contributed by atoms with van der Waals surface area (Å²) in [7, 11) is 1.28. The molecule has 1 N–H and O–H groups in total. The van der Waals surface area contributed by atoms with Gasteiger partial charge in [0.2, 0.25) is 0 Å². The first kappa shape index (κ1) is 23.0. The predicted octanol–water partition coefficient (Wildman–Crippen LogP) is 5.80. The number of benzene rings is 2. The molecule has 0 radical (unpaired) electrons.